The Bertz CT molecular complexity index is 1740. The molecule has 1 aromatic heterocycles. The lowest BCUT2D eigenvalue weighted by Crippen LogP contribution is -2.37. The van der Waals surface area contributed by atoms with Gasteiger partial charge in [-0.15, -0.1) is 0 Å². The van der Waals surface area contributed by atoms with E-state index in [4.69, 9.17) is 9.68 Å². The van der Waals surface area contributed by atoms with Crippen molar-refractivity contribution in [3.63, 3.8) is 0 Å². The number of benzene rings is 5. The molecule has 1 radical (unpaired) electrons. The highest BCUT2D eigenvalue weighted by atomic mass is 16.5. The zero-order valence-corrected chi connectivity index (χ0v) is 22.4. The molecule has 39 heavy (non-hydrogen) atoms. The highest BCUT2D eigenvalue weighted by Gasteiger charge is 2.24. The molecule has 0 fully saturated rings. The van der Waals surface area contributed by atoms with Crippen molar-refractivity contribution in [2.75, 3.05) is 4.90 Å². The zero-order chi connectivity index (χ0) is 27.0. The van der Waals surface area contributed by atoms with Crippen molar-refractivity contribution >= 4 is 40.9 Å². The van der Waals surface area contributed by atoms with Crippen molar-refractivity contribution in [3.8, 4) is 22.6 Å². The van der Waals surface area contributed by atoms with Gasteiger partial charge < -0.3 is 19.1 Å². The van der Waals surface area contributed by atoms with Gasteiger partial charge in [0, 0.05) is 33.4 Å². The molecule has 0 aliphatic carbocycles. The summed E-state index contributed by atoms with van der Waals surface area (Å²) in [4.78, 5) is 2.31. The van der Waals surface area contributed by atoms with Crippen LogP contribution in [0.4, 0.5) is 11.4 Å². The van der Waals surface area contributed by atoms with E-state index >= 15 is 0 Å². The number of aromatic nitrogens is 1. The van der Waals surface area contributed by atoms with Gasteiger partial charge in [0.05, 0.1) is 11.0 Å². The Balaban J connectivity index is 1.39. The van der Waals surface area contributed by atoms with Crippen molar-refractivity contribution in [1.82, 2.24) is 4.57 Å². The van der Waals surface area contributed by atoms with Gasteiger partial charge in [0.15, 0.2) is 0 Å². The standard InChI is InChI=1S/C34H30BN2O2/c1-34(2,3)37(28-18-20-29(21-19-28)39-35-38)27-16-13-24(14-17-27)25-15-22-33-31(23-25)30-11-7-8-12-32(30)36(33)26-9-5-4-6-10-26/h4-23,38H,1-3H3. The third-order valence-electron chi connectivity index (χ3n) is 7.10. The van der Waals surface area contributed by atoms with Gasteiger partial charge >= 0.3 is 7.69 Å². The molecule has 0 unspecified atom stereocenters. The van der Waals surface area contributed by atoms with Crippen LogP contribution in [-0.2, 0) is 0 Å². The summed E-state index contributed by atoms with van der Waals surface area (Å²) < 4.78 is 7.43. The molecular weight excluding hydrogens is 479 g/mol. The monoisotopic (exact) mass is 509 g/mol. The zero-order valence-electron chi connectivity index (χ0n) is 22.4. The maximum atomic E-state index is 8.93. The SMILES string of the molecule is CC(C)(C)N(c1ccc(O[B]O)cc1)c1ccc(-c2ccc3c(c2)c2ccccc2n3-c2ccccc2)cc1. The van der Waals surface area contributed by atoms with Crippen molar-refractivity contribution in [2.24, 2.45) is 0 Å². The Morgan fingerprint density at radius 1 is 0.641 bits per heavy atom. The van der Waals surface area contributed by atoms with Gasteiger partial charge in [-0.1, -0.05) is 54.6 Å². The molecule has 0 atom stereocenters. The Morgan fingerprint density at radius 3 is 1.90 bits per heavy atom. The second-order valence-corrected chi connectivity index (χ2v) is 10.7. The smallest absolute Gasteiger partial charge is 0.537 e. The summed E-state index contributed by atoms with van der Waals surface area (Å²) in [5.74, 6) is 0.592. The van der Waals surface area contributed by atoms with E-state index < -0.39 is 0 Å². The summed E-state index contributed by atoms with van der Waals surface area (Å²) in [6.07, 6.45) is 0. The molecule has 0 spiro atoms. The number of para-hydroxylation sites is 2. The van der Waals surface area contributed by atoms with E-state index in [9.17, 15) is 0 Å². The maximum Gasteiger partial charge on any atom is 0.569 e. The summed E-state index contributed by atoms with van der Waals surface area (Å²) in [5, 5.41) is 11.4. The molecular formula is C34H30BN2O2. The first-order chi connectivity index (χ1) is 18.9. The number of nitrogens with zero attached hydrogens (tertiary/aromatic N) is 2. The molecule has 0 amide bonds. The second-order valence-electron chi connectivity index (χ2n) is 10.7. The quantitative estimate of drug-likeness (QED) is 0.230. The van der Waals surface area contributed by atoms with Gasteiger partial charge in [-0.3, -0.25) is 0 Å². The van der Waals surface area contributed by atoms with Crippen LogP contribution in [0.1, 0.15) is 20.8 Å². The average molecular weight is 509 g/mol. The van der Waals surface area contributed by atoms with Crippen LogP contribution < -0.4 is 9.55 Å². The van der Waals surface area contributed by atoms with E-state index in [-0.39, 0.29) is 5.54 Å². The van der Waals surface area contributed by atoms with Crippen LogP contribution in [0, 0.1) is 0 Å². The van der Waals surface area contributed by atoms with Crippen molar-refractivity contribution in [3.05, 3.63) is 121 Å². The third-order valence-corrected chi connectivity index (χ3v) is 7.10. The predicted octanol–water partition coefficient (Wildman–Crippen LogP) is 8.29. The molecule has 0 saturated heterocycles. The number of fused-ring (bicyclic) bond motifs is 3. The van der Waals surface area contributed by atoms with Gasteiger partial charge in [0.25, 0.3) is 0 Å². The number of anilines is 2. The fourth-order valence-electron chi connectivity index (χ4n) is 5.47. The summed E-state index contributed by atoms with van der Waals surface area (Å²) in [6.45, 7) is 6.59. The lowest BCUT2D eigenvalue weighted by Gasteiger charge is -2.38. The molecule has 6 rings (SSSR count). The van der Waals surface area contributed by atoms with Crippen LogP contribution in [0.15, 0.2) is 121 Å². The van der Waals surface area contributed by atoms with E-state index in [1.54, 1.807) is 0 Å². The molecule has 1 N–H and O–H groups in total. The topological polar surface area (TPSA) is 37.6 Å². The molecule has 191 valence electrons. The van der Waals surface area contributed by atoms with E-state index in [0.717, 1.165) is 17.1 Å². The minimum absolute atomic E-state index is 0.148. The summed E-state index contributed by atoms with van der Waals surface area (Å²) in [6, 6.07) is 42.4. The normalized spacial score (nSPS) is 11.6. The van der Waals surface area contributed by atoms with Crippen LogP contribution in [0.25, 0.3) is 38.6 Å². The van der Waals surface area contributed by atoms with E-state index in [2.05, 4.69) is 127 Å². The molecule has 4 nitrogen and oxygen atoms in total. The lowest BCUT2D eigenvalue weighted by molar-refractivity contribution is 0.453. The van der Waals surface area contributed by atoms with Gasteiger partial charge in [-0.2, -0.15) is 0 Å². The van der Waals surface area contributed by atoms with Crippen molar-refractivity contribution in [1.29, 1.82) is 0 Å². The Kier molecular flexibility index (Phi) is 6.37. The summed E-state index contributed by atoms with van der Waals surface area (Å²) in [7, 11) is 0.700. The third kappa shape index (κ3) is 4.66. The van der Waals surface area contributed by atoms with E-state index in [1.165, 1.54) is 32.9 Å². The average Bonchev–Trinajstić information content (AvgIpc) is 3.28. The van der Waals surface area contributed by atoms with Gasteiger partial charge in [0.1, 0.15) is 5.75 Å². The van der Waals surface area contributed by atoms with Crippen LogP contribution >= 0.6 is 0 Å². The number of hydrogen-bond donors (Lipinski definition) is 1. The lowest BCUT2D eigenvalue weighted by atomic mass is 10.00. The fraction of sp³-hybridized carbons (Fsp3) is 0.118. The van der Waals surface area contributed by atoms with Crippen molar-refractivity contribution < 1.29 is 9.68 Å². The largest absolute Gasteiger partial charge is 0.569 e. The minimum atomic E-state index is -0.148. The first kappa shape index (κ1) is 24.8. The van der Waals surface area contributed by atoms with Crippen LogP contribution in [0.3, 0.4) is 0 Å². The van der Waals surface area contributed by atoms with Gasteiger partial charge in [-0.25, -0.2) is 0 Å². The molecule has 5 aromatic carbocycles. The van der Waals surface area contributed by atoms with Gasteiger partial charge in [0.2, 0.25) is 0 Å². The molecule has 6 aromatic rings. The highest BCUT2D eigenvalue weighted by molar-refractivity contribution is 6.17. The Morgan fingerprint density at radius 2 is 1.23 bits per heavy atom. The molecule has 5 heteroatoms. The number of rotatable bonds is 6. The Hall–Kier alpha value is -4.48. The molecule has 0 bridgehead atoms. The van der Waals surface area contributed by atoms with E-state index in [0.29, 0.717) is 13.4 Å². The van der Waals surface area contributed by atoms with Crippen LogP contribution in [0.2, 0.25) is 0 Å². The van der Waals surface area contributed by atoms with Crippen LogP contribution in [0.5, 0.6) is 5.75 Å². The maximum absolute atomic E-state index is 8.93. The summed E-state index contributed by atoms with van der Waals surface area (Å²) in [5.41, 5.74) is 7.95. The molecule has 0 aliphatic rings. The summed E-state index contributed by atoms with van der Waals surface area (Å²) >= 11 is 0. The first-order valence-corrected chi connectivity index (χ1v) is 13.2. The Labute approximate surface area is 230 Å². The highest BCUT2D eigenvalue weighted by Crippen LogP contribution is 2.37. The first-order valence-electron chi connectivity index (χ1n) is 13.2. The predicted molar refractivity (Wildman–Crippen MR) is 163 cm³/mol. The minimum Gasteiger partial charge on any atom is -0.537 e. The molecule has 0 saturated carbocycles. The molecule has 1 heterocycles. The molecule has 0 aliphatic heterocycles. The van der Waals surface area contributed by atoms with Crippen LogP contribution in [-0.4, -0.2) is 22.8 Å². The number of hydrogen-bond acceptors (Lipinski definition) is 3. The van der Waals surface area contributed by atoms with E-state index in [1.807, 2.05) is 24.3 Å². The van der Waals surface area contributed by atoms with Gasteiger partial charge in [-0.05, 0) is 98.6 Å². The fourth-order valence-corrected chi connectivity index (χ4v) is 5.47. The van der Waals surface area contributed by atoms with Crippen molar-refractivity contribution in [2.45, 2.75) is 26.3 Å². The second kappa shape index (κ2) is 10.0.